The molecule has 0 aliphatic heterocycles. The van der Waals surface area contributed by atoms with Crippen molar-refractivity contribution in [1.29, 1.82) is 0 Å². The van der Waals surface area contributed by atoms with Crippen LogP contribution in [-0.4, -0.2) is 43.6 Å². The average Bonchev–Trinajstić information content (AvgIpc) is 2.59. The molecule has 0 aromatic heterocycles. The molecule has 0 saturated carbocycles. The van der Waals surface area contributed by atoms with Gasteiger partial charge in [0.2, 0.25) is 0 Å². The van der Waals surface area contributed by atoms with Gasteiger partial charge in [-0.25, -0.2) is 19.2 Å². The molecule has 0 spiro atoms. The Morgan fingerprint density at radius 1 is 0.593 bits per heavy atom. The third-order valence-electron chi connectivity index (χ3n) is 2.08. The maximum absolute atomic E-state index is 11.6. The standard InChI is InChI=1S/C15H16O12/c1-5-20-11(16)24-9-15(26-13(18)22-7-3,27-14(19)23-8-4)10-25-12(17)21-6-2/h5-8H,1-4,9-10H2. The Kier molecular flexibility index (Phi) is 10.6. The molecule has 0 bridgehead atoms. The van der Waals surface area contributed by atoms with Gasteiger partial charge in [-0.15, -0.1) is 0 Å². The van der Waals surface area contributed by atoms with Gasteiger partial charge in [-0.3, -0.25) is 0 Å². The van der Waals surface area contributed by atoms with E-state index in [9.17, 15) is 19.2 Å². The number of carbonyl (C=O) groups is 4. The number of hydrogen-bond donors (Lipinski definition) is 0. The first-order valence-corrected chi connectivity index (χ1v) is 6.72. The van der Waals surface area contributed by atoms with Crippen molar-refractivity contribution in [3.8, 4) is 0 Å². The second-order valence-electron chi connectivity index (χ2n) is 3.83. The van der Waals surface area contributed by atoms with E-state index in [1.54, 1.807) is 0 Å². The van der Waals surface area contributed by atoms with E-state index in [0.717, 1.165) is 12.5 Å². The van der Waals surface area contributed by atoms with Crippen LogP contribution in [0.15, 0.2) is 51.4 Å². The summed E-state index contributed by atoms with van der Waals surface area (Å²) in [6, 6.07) is 0. The molecular weight excluding hydrogens is 372 g/mol. The van der Waals surface area contributed by atoms with Crippen LogP contribution < -0.4 is 0 Å². The molecule has 0 radical (unpaired) electrons. The van der Waals surface area contributed by atoms with Crippen LogP contribution in [0.1, 0.15) is 0 Å². The predicted molar refractivity (Wildman–Crippen MR) is 83.5 cm³/mol. The SMILES string of the molecule is C=COC(=O)OCC(COC(=O)OC=C)(OC(=O)OC=C)OC(=O)OC=C. The van der Waals surface area contributed by atoms with Crippen LogP contribution in [0.3, 0.4) is 0 Å². The Morgan fingerprint density at radius 2 is 0.889 bits per heavy atom. The number of carbonyl (C=O) groups excluding carboxylic acids is 4. The van der Waals surface area contributed by atoms with Gasteiger partial charge in [0.15, 0.2) is 13.2 Å². The van der Waals surface area contributed by atoms with Gasteiger partial charge in [0, 0.05) is 0 Å². The Balaban J connectivity index is 5.53. The van der Waals surface area contributed by atoms with Crippen LogP contribution in [0.5, 0.6) is 0 Å². The molecular formula is C15H16O12. The molecule has 0 rings (SSSR count). The highest BCUT2D eigenvalue weighted by Crippen LogP contribution is 2.19. The highest BCUT2D eigenvalue weighted by Gasteiger charge is 2.44. The van der Waals surface area contributed by atoms with Crippen molar-refractivity contribution in [1.82, 2.24) is 0 Å². The Bertz CT molecular complexity index is 542. The van der Waals surface area contributed by atoms with Crippen molar-refractivity contribution in [2.24, 2.45) is 0 Å². The highest BCUT2D eigenvalue weighted by atomic mass is 16.9. The van der Waals surface area contributed by atoms with E-state index in [4.69, 9.17) is 9.47 Å². The van der Waals surface area contributed by atoms with Crippen molar-refractivity contribution in [3.63, 3.8) is 0 Å². The first-order valence-electron chi connectivity index (χ1n) is 6.72. The van der Waals surface area contributed by atoms with Crippen LogP contribution in [0.2, 0.25) is 0 Å². The number of ether oxygens (including phenoxy) is 8. The van der Waals surface area contributed by atoms with Gasteiger partial charge >= 0.3 is 30.4 Å². The minimum Gasteiger partial charge on any atom is -0.426 e. The van der Waals surface area contributed by atoms with Gasteiger partial charge < -0.3 is 37.9 Å². The summed E-state index contributed by atoms with van der Waals surface area (Å²) in [5.74, 6) is -2.55. The van der Waals surface area contributed by atoms with Crippen molar-refractivity contribution >= 4 is 24.6 Å². The minimum absolute atomic E-state index is 0.689. The van der Waals surface area contributed by atoms with E-state index in [-0.39, 0.29) is 0 Å². The molecule has 12 heteroatoms. The van der Waals surface area contributed by atoms with Crippen molar-refractivity contribution < 1.29 is 57.1 Å². The second-order valence-corrected chi connectivity index (χ2v) is 3.83. The molecule has 0 saturated heterocycles. The van der Waals surface area contributed by atoms with Crippen molar-refractivity contribution in [2.45, 2.75) is 5.79 Å². The van der Waals surface area contributed by atoms with Crippen molar-refractivity contribution in [3.05, 3.63) is 51.4 Å². The molecule has 0 unspecified atom stereocenters. The van der Waals surface area contributed by atoms with Gasteiger partial charge in [0.05, 0.1) is 25.0 Å². The first kappa shape index (κ1) is 23.0. The summed E-state index contributed by atoms with van der Waals surface area (Å²) in [7, 11) is 0. The molecule has 0 aliphatic carbocycles. The van der Waals surface area contributed by atoms with E-state index >= 15 is 0 Å². The van der Waals surface area contributed by atoms with E-state index < -0.39 is 43.6 Å². The molecule has 0 aromatic carbocycles. The minimum atomic E-state index is -2.55. The van der Waals surface area contributed by atoms with Gasteiger partial charge in [0.25, 0.3) is 0 Å². The summed E-state index contributed by atoms with van der Waals surface area (Å²) in [6.45, 7) is 10.4. The molecule has 0 aromatic rings. The molecule has 0 atom stereocenters. The predicted octanol–water partition coefficient (Wildman–Crippen LogP) is 2.87. The lowest BCUT2D eigenvalue weighted by Gasteiger charge is -2.29. The first-order chi connectivity index (χ1) is 12.8. The summed E-state index contributed by atoms with van der Waals surface area (Å²) in [5.41, 5.74) is 0. The monoisotopic (exact) mass is 388 g/mol. The summed E-state index contributed by atoms with van der Waals surface area (Å²) < 4.78 is 35.9. The molecule has 148 valence electrons. The third-order valence-corrected chi connectivity index (χ3v) is 2.08. The fourth-order valence-corrected chi connectivity index (χ4v) is 1.21. The molecule has 0 aliphatic rings. The fraction of sp³-hybridized carbons (Fsp3) is 0.200. The maximum atomic E-state index is 11.6. The summed E-state index contributed by atoms with van der Waals surface area (Å²) >= 11 is 0. The van der Waals surface area contributed by atoms with Crippen LogP contribution in [0.4, 0.5) is 19.2 Å². The van der Waals surface area contributed by atoms with Gasteiger partial charge in [-0.1, -0.05) is 26.3 Å². The van der Waals surface area contributed by atoms with Crippen LogP contribution in [-0.2, 0) is 37.9 Å². The van der Waals surface area contributed by atoms with Gasteiger partial charge in [-0.2, -0.15) is 0 Å². The zero-order chi connectivity index (χ0) is 20.7. The lowest BCUT2D eigenvalue weighted by molar-refractivity contribution is -0.225. The number of hydrogen-bond acceptors (Lipinski definition) is 12. The molecule has 0 amide bonds. The average molecular weight is 388 g/mol. The second kappa shape index (κ2) is 12.4. The van der Waals surface area contributed by atoms with E-state index in [2.05, 4.69) is 54.7 Å². The smallest absolute Gasteiger partial charge is 0.426 e. The highest BCUT2D eigenvalue weighted by molar-refractivity contribution is 5.65. The van der Waals surface area contributed by atoms with E-state index in [0.29, 0.717) is 12.5 Å². The van der Waals surface area contributed by atoms with Crippen molar-refractivity contribution in [2.75, 3.05) is 13.2 Å². The molecule has 0 heterocycles. The molecule has 27 heavy (non-hydrogen) atoms. The Hall–Kier alpha value is -3.96. The quantitative estimate of drug-likeness (QED) is 0.235. The summed E-state index contributed by atoms with van der Waals surface area (Å²) in [4.78, 5) is 45.8. The van der Waals surface area contributed by atoms with E-state index in [1.807, 2.05) is 0 Å². The molecule has 12 nitrogen and oxygen atoms in total. The third kappa shape index (κ3) is 9.81. The lowest BCUT2D eigenvalue weighted by atomic mass is 10.3. The fourth-order valence-electron chi connectivity index (χ4n) is 1.21. The van der Waals surface area contributed by atoms with Crippen LogP contribution in [0.25, 0.3) is 0 Å². The van der Waals surface area contributed by atoms with Crippen LogP contribution in [0, 0.1) is 0 Å². The largest absolute Gasteiger partial charge is 0.516 e. The van der Waals surface area contributed by atoms with Crippen LogP contribution >= 0.6 is 0 Å². The van der Waals surface area contributed by atoms with Gasteiger partial charge in [0.1, 0.15) is 0 Å². The zero-order valence-corrected chi connectivity index (χ0v) is 14.0. The number of rotatable bonds is 10. The van der Waals surface area contributed by atoms with Gasteiger partial charge in [-0.05, 0) is 0 Å². The molecule has 0 fully saturated rings. The van der Waals surface area contributed by atoms with E-state index in [1.165, 1.54) is 0 Å². The zero-order valence-electron chi connectivity index (χ0n) is 14.0. The lowest BCUT2D eigenvalue weighted by Crippen LogP contribution is -2.49. The maximum Gasteiger partial charge on any atom is 0.516 e. The Morgan fingerprint density at radius 3 is 1.19 bits per heavy atom. The topological polar surface area (TPSA) is 142 Å². The molecule has 0 N–H and O–H groups in total. The summed E-state index contributed by atoms with van der Waals surface area (Å²) in [5, 5.41) is 0. The summed E-state index contributed by atoms with van der Waals surface area (Å²) in [6.07, 6.45) is -2.70. The normalized spacial score (nSPS) is 9.48. The Labute approximate surface area is 153 Å².